The molecule has 1 unspecified atom stereocenters. The van der Waals surface area contributed by atoms with Gasteiger partial charge in [-0.25, -0.2) is 4.79 Å². The molecule has 2 rings (SSSR count). The third-order valence-corrected chi connectivity index (χ3v) is 5.29. The highest BCUT2D eigenvalue weighted by Gasteiger charge is 2.28. The lowest BCUT2D eigenvalue weighted by Crippen LogP contribution is -2.40. The molecule has 2 aliphatic heterocycles. The monoisotopic (exact) mass is 380 g/mol. The molecular formula is C20H36N4O3. The Morgan fingerprint density at radius 1 is 1.11 bits per heavy atom. The van der Waals surface area contributed by atoms with Crippen LogP contribution in [0.15, 0.2) is 4.99 Å². The van der Waals surface area contributed by atoms with Gasteiger partial charge < -0.3 is 14.5 Å². The van der Waals surface area contributed by atoms with Gasteiger partial charge in [-0.15, -0.1) is 0 Å². The maximum Gasteiger partial charge on any atom is 0.410 e. The maximum absolute atomic E-state index is 12.4. The van der Waals surface area contributed by atoms with Crippen LogP contribution in [0.5, 0.6) is 0 Å². The minimum Gasteiger partial charge on any atom is -0.444 e. The number of aliphatic imine (C=N–C) groups is 1. The van der Waals surface area contributed by atoms with Crippen molar-refractivity contribution in [3.8, 4) is 0 Å². The minimum absolute atomic E-state index is 0.146. The molecule has 0 spiro atoms. The van der Waals surface area contributed by atoms with Gasteiger partial charge >= 0.3 is 6.09 Å². The van der Waals surface area contributed by atoms with Crippen LogP contribution in [0.25, 0.3) is 0 Å². The molecule has 27 heavy (non-hydrogen) atoms. The first-order valence-corrected chi connectivity index (χ1v) is 10.2. The zero-order valence-corrected chi connectivity index (χ0v) is 17.7. The van der Waals surface area contributed by atoms with Crippen molar-refractivity contribution >= 4 is 17.8 Å². The topological polar surface area (TPSA) is 65.5 Å². The van der Waals surface area contributed by atoms with Crippen LogP contribution < -0.4 is 0 Å². The Kier molecular flexibility index (Phi) is 7.65. The minimum atomic E-state index is -0.460. The molecule has 0 aliphatic carbocycles. The van der Waals surface area contributed by atoms with E-state index in [-0.39, 0.29) is 12.0 Å². The zero-order valence-electron chi connectivity index (χ0n) is 17.7. The molecule has 0 aromatic rings. The van der Waals surface area contributed by atoms with Gasteiger partial charge in [-0.3, -0.25) is 14.7 Å². The van der Waals surface area contributed by atoms with E-state index in [1.54, 1.807) is 11.9 Å². The molecule has 7 heteroatoms. The van der Waals surface area contributed by atoms with E-state index >= 15 is 0 Å². The van der Waals surface area contributed by atoms with Crippen LogP contribution in [-0.4, -0.2) is 77.5 Å². The second-order valence-electron chi connectivity index (χ2n) is 8.62. The summed E-state index contributed by atoms with van der Waals surface area (Å²) in [7, 11) is 1.80. The van der Waals surface area contributed by atoms with E-state index in [4.69, 9.17) is 4.74 Å². The number of carbonyl (C=O) groups is 2. The Hall–Kier alpha value is -1.63. The number of carbonyl (C=O) groups excluding carboxylic acids is 2. The standard InChI is InChI=1S/C20H36N4O3/c1-16-21-15-24(12-7-6-10-18(25)22(16)5)17-9-8-13-23(14-11-17)19(26)27-20(2,3)4/h17H,6-15H2,1-5H3/b21-16-. The van der Waals surface area contributed by atoms with Crippen molar-refractivity contribution in [2.24, 2.45) is 4.99 Å². The van der Waals surface area contributed by atoms with Gasteiger partial charge in [-0.05, 0) is 59.8 Å². The molecule has 1 atom stereocenters. The first-order chi connectivity index (χ1) is 12.7. The lowest BCUT2D eigenvalue weighted by molar-refractivity contribution is -0.126. The van der Waals surface area contributed by atoms with E-state index < -0.39 is 5.60 Å². The Bertz CT molecular complexity index is 556. The molecule has 2 aliphatic rings. The molecule has 2 heterocycles. The van der Waals surface area contributed by atoms with Gasteiger partial charge in [-0.1, -0.05) is 0 Å². The average molecular weight is 381 g/mol. The second kappa shape index (κ2) is 9.53. The fourth-order valence-electron chi connectivity index (χ4n) is 3.56. The number of amides is 2. The highest BCUT2D eigenvalue weighted by Crippen LogP contribution is 2.20. The van der Waals surface area contributed by atoms with E-state index in [0.29, 0.717) is 19.1 Å². The molecule has 0 N–H and O–H groups in total. The molecule has 1 fully saturated rings. The molecular weight excluding hydrogens is 344 g/mol. The highest BCUT2D eigenvalue weighted by molar-refractivity contribution is 5.96. The van der Waals surface area contributed by atoms with Crippen molar-refractivity contribution in [3.05, 3.63) is 0 Å². The lowest BCUT2D eigenvalue weighted by Gasteiger charge is -2.31. The van der Waals surface area contributed by atoms with Gasteiger partial charge in [-0.2, -0.15) is 0 Å². The van der Waals surface area contributed by atoms with Crippen LogP contribution in [0, 0.1) is 0 Å². The quantitative estimate of drug-likeness (QED) is 0.701. The van der Waals surface area contributed by atoms with Crippen LogP contribution in [0.4, 0.5) is 4.79 Å². The summed E-state index contributed by atoms with van der Waals surface area (Å²) in [5.41, 5.74) is -0.460. The molecule has 0 saturated carbocycles. The summed E-state index contributed by atoms with van der Waals surface area (Å²) in [5, 5.41) is 0. The second-order valence-corrected chi connectivity index (χ2v) is 8.62. The summed E-state index contributed by atoms with van der Waals surface area (Å²) in [4.78, 5) is 35.0. The van der Waals surface area contributed by atoms with Gasteiger partial charge in [0, 0.05) is 39.1 Å². The first-order valence-electron chi connectivity index (χ1n) is 10.2. The van der Waals surface area contributed by atoms with Gasteiger partial charge in [0.2, 0.25) is 5.91 Å². The van der Waals surface area contributed by atoms with Crippen LogP contribution in [-0.2, 0) is 9.53 Å². The zero-order chi connectivity index (χ0) is 20.0. The smallest absolute Gasteiger partial charge is 0.410 e. The van der Waals surface area contributed by atoms with Gasteiger partial charge in [0.05, 0.1) is 6.67 Å². The van der Waals surface area contributed by atoms with E-state index in [2.05, 4.69) is 9.89 Å². The molecule has 2 amide bonds. The molecule has 154 valence electrons. The van der Waals surface area contributed by atoms with Gasteiger partial charge in [0.25, 0.3) is 0 Å². The summed E-state index contributed by atoms with van der Waals surface area (Å²) in [6, 6.07) is 0.412. The SMILES string of the molecule is C/C1=N/CN(C2CCCN(C(=O)OC(C)(C)C)CC2)CCCCC(=O)N1C. The Morgan fingerprint density at radius 2 is 1.85 bits per heavy atom. The number of hydrogen-bond donors (Lipinski definition) is 0. The van der Waals surface area contributed by atoms with Crippen LogP contribution in [0.3, 0.4) is 0 Å². The Morgan fingerprint density at radius 3 is 2.56 bits per heavy atom. The van der Waals surface area contributed by atoms with Crippen molar-refractivity contribution < 1.29 is 14.3 Å². The summed E-state index contributed by atoms with van der Waals surface area (Å²) >= 11 is 0. The largest absolute Gasteiger partial charge is 0.444 e. The van der Waals surface area contributed by atoms with Gasteiger partial charge in [0.15, 0.2) is 0 Å². The highest BCUT2D eigenvalue weighted by atomic mass is 16.6. The number of hydrogen-bond acceptors (Lipinski definition) is 5. The predicted octanol–water partition coefficient (Wildman–Crippen LogP) is 3.10. The third kappa shape index (κ3) is 6.79. The predicted molar refractivity (Wildman–Crippen MR) is 107 cm³/mol. The molecule has 0 radical (unpaired) electrons. The van der Waals surface area contributed by atoms with Crippen molar-refractivity contribution in [1.82, 2.24) is 14.7 Å². The molecule has 0 bridgehead atoms. The maximum atomic E-state index is 12.4. The Balaban J connectivity index is 1.98. The fraction of sp³-hybridized carbons (Fsp3) is 0.850. The molecule has 7 nitrogen and oxygen atoms in total. The number of likely N-dealkylation sites (tertiary alicyclic amines) is 1. The summed E-state index contributed by atoms with van der Waals surface area (Å²) in [5.74, 6) is 0.920. The number of rotatable bonds is 1. The van der Waals surface area contributed by atoms with Crippen LogP contribution in [0.1, 0.15) is 66.2 Å². The fourth-order valence-corrected chi connectivity index (χ4v) is 3.56. The van der Waals surface area contributed by atoms with E-state index in [0.717, 1.165) is 57.6 Å². The van der Waals surface area contributed by atoms with E-state index in [1.165, 1.54) is 0 Å². The van der Waals surface area contributed by atoms with Crippen LogP contribution in [0.2, 0.25) is 0 Å². The van der Waals surface area contributed by atoms with Gasteiger partial charge in [0.1, 0.15) is 11.4 Å². The summed E-state index contributed by atoms with van der Waals surface area (Å²) < 4.78 is 5.53. The third-order valence-electron chi connectivity index (χ3n) is 5.29. The van der Waals surface area contributed by atoms with E-state index in [9.17, 15) is 9.59 Å². The number of nitrogens with zero attached hydrogens (tertiary/aromatic N) is 4. The Labute approximate surface area is 163 Å². The van der Waals surface area contributed by atoms with Crippen molar-refractivity contribution in [2.75, 3.05) is 33.4 Å². The van der Waals surface area contributed by atoms with Crippen molar-refractivity contribution in [3.63, 3.8) is 0 Å². The van der Waals surface area contributed by atoms with E-state index in [1.807, 2.05) is 32.6 Å². The normalized spacial score (nSPS) is 26.2. The molecule has 1 saturated heterocycles. The van der Waals surface area contributed by atoms with Crippen molar-refractivity contribution in [1.29, 1.82) is 0 Å². The lowest BCUT2D eigenvalue weighted by atomic mass is 10.1. The van der Waals surface area contributed by atoms with Crippen LogP contribution >= 0.6 is 0 Å². The summed E-state index contributed by atoms with van der Waals surface area (Å²) in [6.45, 7) is 10.6. The first kappa shape index (κ1) is 21.7. The number of ether oxygens (including phenoxy) is 1. The molecule has 0 aromatic heterocycles. The molecule has 0 aromatic carbocycles. The number of amidine groups is 1. The van der Waals surface area contributed by atoms with Crippen molar-refractivity contribution in [2.45, 2.75) is 77.9 Å². The average Bonchev–Trinajstić information content (AvgIpc) is 2.84. The summed E-state index contributed by atoms with van der Waals surface area (Å²) in [6.07, 6.45) is 5.24.